The van der Waals surface area contributed by atoms with Crippen LogP contribution in [-0.2, 0) is 14.3 Å². The van der Waals surface area contributed by atoms with E-state index >= 15 is 0 Å². The highest BCUT2D eigenvalue weighted by atomic mass is 32.2. The van der Waals surface area contributed by atoms with Crippen molar-refractivity contribution >= 4 is 40.6 Å². The van der Waals surface area contributed by atoms with E-state index in [2.05, 4.69) is 0 Å². The van der Waals surface area contributed by atoms with Crippen LogP contribution in [0.3, 0.4) is 0 Å². The van der Waals surface area contributed by atoms with Crippen LogP contribution in [0.15, 0.2) is 47.5 Å². The van der Waals surface area contributed by atoms with Crippen LogP contribution in [0, 0.1) is 0 Å². The SMILES string of the molecule is CCOC(=O)[C@@H](C)N1C(=O)S/C(=C\c2cccn2-c2ccc(N(C)C)cc2)C1=O. The van der Waals surface area contributed by atoms with Gasteiger partial charge in [0.05, 0.1) is 11.5 Å². The first-order valence-corrected chi connectivity index (χ1v) is 10.0. The van der Waals surface area contributed by atoms with E-state index in [1.54, 1.807) is 13.0 Å². The number of rotatable bonds is 6. The van der Waals surface area contributed by atoms with E-state index in [4.69, 9.17) is 4.74 Å². The quantitative estimate of drug-likeness (QED) is 0.533. The third kappa shape index (κ3) is 4.22. The maximum atomic E-state index is 12.8. The zero-order chi connectivity index (χ0) is 21.1. The fourth-order valence-corrected chi connectivity index (χ4v) is 3.87. The maximum absolute atomic E-state index is 12.8. The predicted octanol–water partition coefficient (Wildman–Crippen LogP) is 3.53. The Hall–Kier alpha value is -3.00. The summed E-state index contributed by atoms with van der Waals surface area (Å²) in [7, 11) is 3.95. The van der Waals surface area contributed by atoms with E-state index in [-0.39, 0.29) is 11.5 Å². The highest BCUT2D eigenvalue weighted by molar-refractivity contribution is 8.18. The van der Waals surface area contributed by atoms with Crippen molar-refractivity contribution in [3.8, 4) is 5.69 Å². The van der Waals surface area contributed by atoms with Gasteiger partial charge in [0.15, 0.2) is 0 Å². The summed E-state index contributed by atoms with van der Waals surface area (Å²) in [5, 5.41) is -0.477. The van der Waals surface area contributed by atoms with Crippen LogP contribution >= 0.6 is 11.8 Å². The summed E-state index contributed by atoms with van der Waals surface area (Å²) in [4.78, 5) is 40.3. The largest absolute Gasteiger partial charge is 0.464 e. The van der Waals surface area contributed by atoms with E-state index in [1.807, 2.05) is 66.2 Å². The third-order valence-electron chi connectivity index (χ3n) is 4.54. The molecule has 7 nitrogen and oxygen atoms in total. The number of hydrogen-bond acceptors (Lipinski definition) is 6. The lowest BCUT2D eigenvalue weighted by Gasteiger charge is -2.19. The van der Waals surface area contributed by atoms with Gasteiger partial charge in [0.1, 0.15) is 6.04 Å². The molecule has 1 atom stereocenters. The third-order valence-corrected chi connectivity index (χ3v) is 5.43. The normalized spacial score (nSPS) is 16.4. The number of thioether (sulfide) groups is 1. The number of hydrogen-bond donors (Lipinski definition) is 0. The molecule has 2 aromatic rings. The molecule has 2 amide bonds. The standard InChI is InChI=1S/C21H23N3O4S/c1-5-28-20(26)14(2)24-19(25)18(29-21(24)27)13-17-7-6-12-23(17)16-10-8-15(9-11-16)22(3)4/h6-14H,5H2,1-4H3/b18-13-/t14-/m1/s1. The summed E-state index contributed by atoms with van der Waals surface area (Å²) < 4.78 is 6.87. The fraction of sp³-hybridized carbons (Fsp3) is 0.286. The van der Waals surface area contributed by atoms with Gasteiger partial charge in [-0.2, -0.15) is 0 Å². The molecule has 1 aromatic heterocycles. The molecule has 29 heavy (non-hydrogen) atoms. The van der Waals surface area contributed by atoms with Gasteiger partial charge in [-0.05, 0) is 68.1 Å². The lowest BCUT2D eigenvalue weighted by Crippen LogP contribution is -2.42. The first kappa shape index (κ1) is 20.7. The molecular weight excluding hydrogens is 390 g/mol. The molecule has 2 heterocycles. The lowest BCUT2D eigenvalue weighted by molar-refractivity contribution is -0.150. The van der Waals surface area contributed by atoms with Gasteiger partial charge < -0.3 is 14.2 Å². The van der Waals surface area contributed by atoms with Gasteiger partial charge in [-0.15, -0.1) is 0 Å². The van der Waals surface area contributed by atoms with Crippen molar-refractivity contribution in [1.29, 1.82) is 0 Å². The average molecular weight is 413 g/mol. The number of anilines is 1. The molecule has 152 valence electrons. The minimum absolute atomic E-state index is 0.190. The molecule has 0 saturated carbocycles. The van der Waals surface area contributed by atoms with Crippen molar-refractivity contribution in [3.63, 3.8) is 0 Å². The first-order chi connectivity index (χ1) is 13.8. The van der Waals surface area contributed by atoms with Gasteiger partial charge in [0.25, 0.3) is 11.1 Å². The smallest absolute Gasteiger partial charge is 0.329 e. The van der Waals surface area contributed by atoms with Crippen LogP contribution < -0.4 is 4.90 Å². The molecule has 1 saturated heterocycles. The number of imide groups is 1. The molecule has 3 rings (SSSR count). The van der Waals surface area contributed by atoms with Gasteiger partial charge in [-0.3, -0.25) is 14.5 Å². The second-order valence-corrected chi connectivity index (χ2v) is 7.69. The molecule has 0 aliphatic carbocycles. The molecule has 8 heteroatoms. The Morgan fingerprint density at radius 1 is 1.21 bits per heavy atom. The van der Waals surface area contributed by atoms with Crippen LogP contribution in [0.2, 0.25) is 0 Å². The summed E-state index contributed by atoms with van der Waals surface area (Å²) in [6.07, 6.45) is 3.56. The number of nitrogens with zero attached hydrogens (tertiary/aromatic N) is 3. The summed E-state index contributed by atoms with van der Waals surface area (Å²) in [6, 6.07) is 10.8. The lowest BCUT2D eigenvalue weighted by atomic mass is 10.2. The molecule has 0 bridgehead atoms. The number of carbonyl (C=O) groups excluding carboxylic acids is 3. The van der Waals surface area contributed by atoms with Crippen molar-refractivity contribution in [2.45, 2.75) is 19.9 Å². The molecule has 0 spiro atoms. The molecule has 0 radical (unpaired) electrons. The van der Waals surface area contributed by atoms with Crippen LogP contribution in [0.25, 0.3) is 11.8 Å². The predicted molar refractivity (Wildman–Crippen MR) is 114 cm³/mol. The van der Waals surface area contributed by atoms with Crippen molar-refractivity contribution < 1.29 is 19.1 Å². The number of ether oxygens (including phenoxy) is 1. The van der Waals surface area contributed by atoms with Gasteiger partial charge in [0, 0.05) is 37.4 Å². The van der Waals surface area contributed by atoms with E-state index < -0.39 is 23.2 Å². The Balaban J connectivity index is 1.87. The number of esters is 1. The number of benzene rings is 1. The zero-order valence-electron chi connectivity index (χ0n) is 16.8. The molecule has 1 aliphatic rings. The van der Waals surface area contributed by atoms with Crippen LogP contribution in [0.5, 0.6) is 0 Å². The number of amides is 2. The Bertz CT molecular complexity index is 963. The highest BCUT2D eigenvalue weighted by Gasteiger charge is 2.41. The van der Waals surface area contributed by atoms with Crippen molar-refractivity contribution in [3.05, 3.63) is 53.2 Å². The Morgan fingerprint density at radius 3 is 2.52 bits per heavy atom. The van der Waals surface area contributed by atoms with Crippen LogP contribution in [0.4, 0.5) is 10.5 Å². The van der Waals surface area contributed by atoms with Gasteiger partial charge in [-0.1, -0.05) is 0 Å². The Morgan fingerprint density at radius 2 is 1.90 bits per heavy atom. The summed E-state index contributed by atoms with van der Waals surface area (Å²) in [6.45, 7) is 3.36. The molecule has 0 N–H and O–H groups in total. The fourth-order valence-electron chi connectivity index (χ4n) is 2.97. The van der Waals surface area contributed by atoms with E-state index in [0.29, 0.717) is 0 Å². The minimum atomic E-state index is -0.960. The second kappa shape index (κ2) is 8.57. The second-order valence-electron chi connectivity index (χ2n) is 6.69. The molecule has 1 aliphatic heterocycles. The van der Waals surface area contributed by atoms with Crippen LogP contribution in [0.1, 0.15) is 19.5 Å². The van der Waals surface area contributed by atoms with Crippen molar-refractivity contribution in [2.75, 3.05) is 25.6 Å². The van der Waals surface area contributed by atoms with E-state index in [1.165, 1.54) is 6.92 Å². The molecule has 1 aromatic carbocycles. The van der Waals surface area contributed by atoms with Crippen molar-refractivity contribution in [2.24, 2.45) is 0 Å². The number of carbonyl (C=O) groups is 3. The molecular formula is C21H23N3O4S. The van der Waals surface area contributed by atoms with E-state index in [9.17, 15) is 14.4 Å². The first-order valence-electron chi connectivity index (χ1n) is 9.22. The van der Waals surface area contributed by atoms with Gasteiger partial charge in [0.2, 0.25) is 0 Å². The summed E-state index contributed by atoms with van der Waals surface area (Å²) in [5.41, 5.74) is 2.78. The minimum Gasteiger partial charge on any atom is -0.464 e. The van der Waals surface area contributed by atoms with E-state index in [0.717, 1.165) is 33.7 Å². The van der Waals surface area contributed by atoms with Gasteiger partial charge in [-0.25, -0.2) is 4.79 Å². The summed E-state index contributed by atoms with van der Waals surface area (Å²) in [5.74, 6) is -1.09. The van der Waals surface area contributed by atoms with Crippen LogP contribution in [-0.4, -0.2) is 53.3 Å². The van der Waals surface area contributed by atoms with Crippen molar-refractivity contribution in [1.82, 2.24) is 9.47 Å². The maximum Gasteiger partial charge on any atom is 0.329 e. The Kier molecular flexibility index (Phi) is 6.12. The Labute approximate surface area is 173 Å². The number of aromatic nitrogens is 1. The van der Waals surface area contributed by atoms with Gasteiger partial charge >= 0.3 is 5.97 Å². The summed E-state index contributed by atoms with van der Waals surface area (Å²) >= 11 is 0.825. The highest BCUT2D eigenvalue weighted by Crippen LogP contribution is 2.34. The topological polar surface area (TPSA) is 71.8 Å². The average Bonchev–Trinajstić information content (AvgIpc) is 3.26. The zero-order valence-corrected chi connectivity index (χ0v) is 17.6. The monoisotopic (exact) mass is 413 g/mol. The molecule has 0 unspecified atom stereocenters. The molecule has 1 fully saturated rings.